The summed E-state index contributed by atoms with van der Waals surface area (Å²) in [6.07, 6.45) is 8.67. The molecule has 0 aliphatic heterocycles. The van der Waals surface area contributed by atoms with Gasteiger partial charge in [0.1, 0.15) is 0 Å². The predicted molar refractivity (Wildman–Crippen MR) is 93.7 cm³/mol. The van der Waals surface area contributed by atoms with Gasteiger partial charge in [-0.2, -0.15) is 0 Å². The molecule has 2 rings (SSSR count). The third-order valence-corrected chi connectivity index (χ3v) is 6.71. The summed E-state index contributed by atoms with van der Waals surface area (Å²) >= 11 is 0. The minimum absolute atomic E-state index is 0.0480. The van der Waals surface area contributed by atoms with E-state index in [4.69, 9.17) is 5.11 Å². The molecule has 2 N–H and O–H groups in total. The topological polar surface area (TPSA) is 74.6 Å². The fraction of sp³-hybridized carbons (Fsp3) is 0.700. The first-order valence-corrected chi connectivity index (χ1v) is 8.95. The predicted octanol–water partition coefficient (Wildman–Crippen LogP) is 4.66. The molecule has 0 unspecified atom stereocenters. The van der Waals surface area contributed by atoms with Gasteiger partial charge in [0.2, 0.25) is 0 Å². The van der Waals surface area contributed by atoms with Crippen LogP contribution in [0.25, 0.3) is 0 Å². The normalized spacial score (nSPS) is 36.7. The van der Waals surface area contributed by atoms with E-state index in [1.54, 1.807) is 0 Å². The van der Waals surface area contributed by atoms with Crippen LogP contribution >= 0.6 is 0 Å². The summed E-state index contributed by atoms with van der Waals surface area (Å²) in [5.41, 5.74) is 1.46. The van der Waals surface area contributed by atoms with Gasteiger partial charge in [-0.3, -0.25) is 4.79 Å². The van der Waals surface area contributed by atoms with Crippen molar-refractivity contribution in [1.29, 1.82) is 0 Å². The first-order chi connectivity index (χ1) is 11.1. The highest BCUT2D eigenvalue weighted by Gasteiger charge is 2.52. The Morgan fingerprint density at radius 2 is 1.96 bits per heavy atom. The van der Waals surface area contributed by atoms with Crippen molar-refractivity contribution in [2.24, 2.45) is 22.7 Å². The zero-order valence-electron chi connectivity index (χ0n) is 15.3. The molecule has 4 nitrogen and oxygen atoms in total. The lowest BCUT2D eigenvalue weighted by atomic mass is 9.51. The summed E-state index contributed by atoms with van der Waals surface area (Å²) in [6.45, 7) is 8.26. The van der Waals surface area contributed by atoms with Crippen molar-refractivity contribution in [2.45, 2.75) is 66.2 Å². The van der Waals surface area contributed by atoms with Crippen LogP contribution in [0, 0.1) is 22.7 Å². The number of carbonyl (C=O) groups is 2. The smallest absolute Gasteiger partial charge is 0.328 e. The largest absolute Gasteiger partial charge is 0.481 e. The third kappa shape index (κ3) is 3.28. The number of hydrogen-bond acceptors (Lipinski definition) is 2. The highest BCUT2D eigenvalue weighted by Crippen LogP contribution is 2.58. The standard InChI is InChI=1S/C20H30O4/c1-13(12-17(21)22)9-11-19(3)14(2)7-8-16-15(19)6-5-10-20(16,4)18(23)24/h6,12,14,16H,5,7-11H2,1-4H3,(H,21,22)(H,23,24)/b13-12+/t14-,16+,19+,20+/m1/s1. The molecule has 0 bridgehead atoms. The molecule has 0 aromatic carbocycles. The van der Waals surface area contributed by atoms with Crippen LogP contribution in [0.2, 0.25) is 0 Å². The van der Waals surface area contributed by atoms with E-state index < -0.39 is 17.4 Å². The Morgan fingerprint density at radius 3 is 2.54 bits per heavy atom. The molecule has 2 aliphatic rings. The Morgan fingerprint density at radius 1 is 1.29 bits per heavy atom. The number of fused-ring (bicyclic) bond motifs is 1. The van der Waals surface area contributed by atoms with Gasteiger partial charge in [-0.25, -0.2) is 4.79 Å². The second-order valence-corrected chi connectivity index (χ2v) is 8.20. The van der Waals surface area contributed by atoms with Gasteiger partial charge in [0, 0.05) is 6.08 Å². The molecular formula is C20H30O4. The highest BCUT2D eigenvalue weighted by atomic mass is 16.4. The van der Waals surface area contributed by atoms with Gasteiger partial charge in [-0.05, 0) is 69.6 Å². The minimum atomic E-state index is -0.900. The van der Waals surface area contributed by atoms with Gasteiger partial charge in [0.25, 0.3) is 0 Å². The van der Waals surface area contributed by atoms with Crippen LogP contribution < -0.4 is 0 Å². The molecule has 0 heterocycles. The van der Waals surface area contributed by atoms with Gasteiger partial charge < -0.3 is 10.2 Å². The van der Waals surface area contributed by atoms with Crippen molar-refractivity contribution >= 4 is 11.9 Å². The van der Waals surface area contributed by atoms with Crippen LogP contribution in [0.15, 0.2) is 23.3 Å². The maximum atomic E-state index is 11.9. The van der Waals surface area contributed by atoms with Crippen LogP contribution in [0.4, 0.5) is 0 Å². The summed E-state index contributed by atoms with van der Waals surface area (Å²) in [5.74, 6) is -0.998. The lowest BCUT2D eigenvalue weighted by Crippen LogP contribution is -2.47. The van der Waals surface area contributed by atoms with E-state index in [1.165, 1.54) is 11.6 Å². The summed E-state index contributed by atoms with van der Waals surface area (Å²) < 4.78 is 0. The Kier molecular flexibility index (Phi) is 5.26. The lowest BCUT2D eigenvalue weighted by molar-refractivity contribution is -0.152. The van der Waals surface area contributed by atoms with Crippen LogP contribution in [0.3, 0.4) is 0 Å². The number of allylic oxidation sites excluding steroid dienone is 3. The summed E-state index contributed by atoms with van der Waals surface area (Å²) in [6, 6.07) is 0. The SMILES string of the molecule is C/C(=C\C(=O)O)CC[C@]1(C)C2=CCC[C@](C)(C(=O)O)[C@H]2CC[C@H]1C. The summed E-state index contributed by atoms with van der Waals surface area (Å²) in [5, 5.41) is 18.7. The van der Waals surface area contributed by atoms with Crippen LogP contribution in [-0.4, -0.2) is 22.2 Å². The van der Waals surface area contributed by atoms with Crippen LogP contribution in [-0.2, 0) is 9.59 Å². The molecular weight excluding hydrogens is 304 g/mol. The van der Waals surface area contributed by atoms with Crippen molar-refractivity contribution < 1.29 is 19.8 Å². The van der Waals surface area contributed by atoms with Crippen molar-refractivity contribution in [3.63, 3.8) is 0 Å². The van der Waals surface area contributed by atoms with E-state index in [-0.39, 0.29) is 11.3 Å². The second kappa shape index (κ2) is 6.73. The van der Waals surface area contributed by atoms with Crippen molar-refractivity contribution in [1.82, 2.24) is 0 Å². The highest BCUT2D eigenvalue weighted by molar-refractivity contribution is 5.80. The quantitative estimate of drug-likeness (QED) is 0.566. The Hall–Kier alpha value is -1.58. The third-order valence-electron chi connectivity index (χ3n) is 6.71. The molecule has 4 heteroatoms. The summed E-state index contributed by atoms with van der Waals surface area (Å²) in [4.78, 5) is 22.7. The first kappa shape index (κ1) is 18.8. The van der Waals surface area contributed by atoms with E-state index in [2.05, 4.69) is 19.9 Å². The number of hydrogen-bond donors (Lipinski definition) is 2. The Labute approximate surface area is 144 Å². The monoisotopic (exact) mass is 334 g/mol. The van der Waals surface area contributed by atoms with E-state index in [0.717, 1.165) is 37.7 Å². The molecule has 0 aromatic heterocycles. The van der Waals surface area contributed by atoms with Gasteiger partial charge >= 0.3 is 11.9 Å². The van der Waals surface area contributed by atoms with E-state index >= 15 is 0 Å². The van der Waals surface area contributed by atoms with Gasteiger partial charge in [0.05, 0.1) is 5.41 Å². The number of rotatable bonds is 5. The van der Waals surface area contributed by atoms with E-state index in [1.807, 2.05) is 13.8 Å². The zero-order valence-corrected chi connectivity index (χ0v) is 15.3. The van der Waals surface area contributed by atoms with Crippen LogP contribution in [0.5, 0.6) is 0 Å². The van der Waals surface area contributed by atoms with E-state index in [9.17, 15) is 14.7 Å². The maximum Gasteiger partial charge on any atom is 0.328 e. The van der Waals surface area contributed by atoms with Crippen molar-refractivity contribution in [3.05, 3.63) is 23.3 Å². The van der Waals surface area contributed by atoms with Gasteiger partial charge in [-0.1, -0.05) is 31.1 Å². The minimum Gasteiger partial charge on any atom is -0.481 e. The molecule has 2 aliphatic carbocycles. The Balaban J connectivity index is 2.29. The molecule has 0 radical (unpaired) electrons. The van der Waals surface area contributed by atoms with E-state index in [0.29, 0.717) is 12.3 Å². The number of carboxylic acid groups (broad SMARTS) is 2. The Bertz CT molecular complexity index is 588. The molecule has 0 aromatic rings. The molecule has 1 saturated carbocycles. The van der Waals surface area contributed by atoms with Crippen molar-refractivity contribution in [2.75, 3.05) is 0 Å². The average Bonchev–Trinajstić information content (AvgIpc) is 2.49. The van der Waals surface area contributed by atoms with Crippen LogP contribution in [0.1, 0.15) is 66.2 Å². The molecule has 0 spiro atoms. The zero-order chi connectivity index (χ0) is 18.1. The van der Waals surface area contributed by atoms with Gasteiger partial charge in [0.15, 0.2) is 0 Å². The van der Waals surface area contributed by atoms with Crippen molar-refractivity contribution in [3.8, 4) is 0 Å². The number of aliphatic carboxylic acids is 2. The average molecular weight is 334 g/mol. The second-order valence-electron chi connectivity index (χ2n) is 8.20. The fourth-order valence-electron chi connectivity index (χ4n) is 4.70. The number of carboxylic acids is 2. The first-order valence-electron chi connectivity index (χ1n) is 8.95. The molecule has 0 saturated heterocycles. The molecule has 4 atom stereocenters. The molecule has 1 fully saturated rings. The fourth-order valence-corrected chi connectivity index (χ4v) is 4.70. The van der Waals surface area contributed by atoms with Gasteiger partial charge in [-0.15, -0.1) is 0 Å². The maximum absolute atomic E-state index is 11.9. The molecule has 134 valence electrons. The summed E-state index contributed by atoms with van der Waals surface area (Å²) in [7, 11) is 0. The molecule has 24 heavy (non-hydrogen) atoms. The molecule has 0 amide bonds. The lowest BCUT2D eigenvalue weighted by Gasteiger charge is -2.52.